The van der Waals surface area contributed by atoms with Crippen LogP contribution >= 0.6 is 24.0 Å². The number of anilines is 3. The van der Waals surface area contributed by atoms with Gasteiger partial charge in [0.15, 0.2) is 24.8 Å². The fraction of sp³-hybridized carbons (Fsp3) is 0.333. The van der Waals surface area contributed by atoms with Gasteiger partial charge in [-0.05, 0) is 85.2 Å². The number of hydrogen-bond donors (Lipinski definition) is 4. The molecule has 2 saturated heterocycles. The van der Waals surface area contributed by atoms with Gasteiger partial charge >= 0.3 is 11.5 Å². The fourth-order valence-corrected chi connectivity index (χ4v) is 8.40. The van der Waals surface area contributed by atoms with Gasteiger partial charge in [-0.1, -0.05) is 25.4 Å². The largest absolute Gasteiger partial charge is 0.619 e. The molecule has 0 amide bonds. The Balaban J connectivity index is 0.000000192. The number of aromatic nitrogens is 6. The molecule has 2 aliphatic rings. The van der Waals surface area contributed by atoms with E-state index in [2.05, 4.69) is 45.3 Å². The Labute approximate surface area is 416 Å². The van der Waals surface area contributed by atoms with Crippen LogP contribution < -0.4 is 36.5 Å². The Hall–Kier alpha value is -6.88. The van der Waals surface area contributed by atoms with Crippen molar-refractivity contribution >= 4 is 84.9 Å². The van der Waals surface area contributed by atoms with Gasteiger partial charge in [-0.15, -0.1) is 12.4 Å². The number of β-amino-alcohol motifs (C(OH)–C–C–N with tert-alkyl or cyclic N) is 2. The molecule has 23 heteroatoms. The van der Waals surface area contributed by atoms with Crippen LogP contribution in [0.4, 0.5) is 26.2 Å². The van der Waals surface area contributed by atoms with E-state index < -0.39 is 35.4 Å². The predicted molar refractivity (Wildman–Crippen MR) is 269 cm³/mol. The summed E-state index contributed by atoms with van der Waals surface area (Å²) in [5.74, 6) is -1.28. The molecule has 6 aromatic heterocycles. The maximum absolute atomic E-state index is 13.6. The number of nitrogens with one attached hydrogen (secondary N) is 2. The van der Waals surface area contributed by atoms with Crippen molar-refractivity contribution in [2.75, 3.05) is 81.0 Å². The number of aliphatic hydroxyl groups excluding tert-OH is 2. The molecule has 0 spiro atoms. The van der Waals surface area contributed by atoms with Crippen LogP contribution in [0.1, 0.15) is 26.7 Å². The van der Waals surface area contributed by atoms with E-state index in [1.54, 1.807) is 30.6 Å². The number of hydrogen-bond acceptors (Lipinski definition) is 17. The lowest BCUT2D eigenvalue weighted by Crippen LogP contribution is -2.49. The van der Waals surface area contributed by atoms with Crippen LogP contribution in [0.5, 0.6) is 0 Å². The molecule has 4 N–H and O–H groups in total. The molecule has 8 heterocycles. The highest BCUT2D eigenvalue weighted by Gasteiger charge is 2.23. The first-order valence-electron chi connectivity index (χ1n) is 22.2. The second kappa shape index (κ2) is 24.8. The molecule has 10 rings (SSSR count). The lowest BCUT2D eigenvalue weighted by atomic mass is 10.1. The molecular formula is C48H53Cl2F2N11O8. The van der Waals surface area contributed by atoms with Gasteiger partial charge < -0.3 is 49.9 Å². The van der Waals surface area contributed by atoms with Gasteiger partial charge in [0.05, 0.1) is 33.8 Å². The zero-order chi connectivity index (χ0) is 48.4. The van der Waals surface area contributed by atoms with Crippen molar-refractivity contribution in [3.8, 4) is 0 Å². The number of halogens is 4. The zero-order valence-corrected chi connectivity index (χ0v) is 39.1. The number of piperidine rings is 1. The van der Waals surface area contributed by atoms with Gasteiger partial charge in [-0.25, -0.2) is 28.3 Å². The van der Waals surface area contributed by atoms with Crippen LogP contribution in [-0.4, -0.2) is 118 Å². The molecule has 0 bridgehead atoms. The summed E-state index contributed by atoms with van der Waals surface area (Å²) in [5, 5.41) is 53.6. The third-order valence-electron chi connectivity index (χ3n) is 11.6. The highest BCUT2D eigenvalue weighted by Crippen LogP contribution is 2.25. The monoisotopic (exact) mass is 1020 g/mol. The van der Waals surface area contributed by atoms with Gasteiger partial charge in [0.25, 0.3) is 0 Å². The normalized spacial score (nSPS) is 14.9. The average molecular weight is 1020 g/mol. The van der Waals surface area contributed by atoms with Gasteiger partial charge in [-0.3, -0.25) is 4.90 Å². The average Bonchev–Trinajstić information content (AvgIpc) is 3.34. The second-order valence-corrected chi connectivity index (χ2v) is 16.9. The minimum absolute atomic E-state index is 0. The molecule has 8 aromatic rings. The lowest BCUT2D eigenvalue weighted by molar-refractivity contribution is -0.604. The molecule has 2 aromatic carbocycles. The van der Waals surface area contributed by atoms with Gasteiger partial charge in [0.2, 0.25) is 0 Å². The molecular weight excluding hydrogens is 967 g/mol. The van der Waals surface area contributed by atoms with E-state index in [9.17, 15) is 39.0 Å². The Morgan fingerprint density at radius 2 is 1.14 bits per heavy atom. The summed E-state index contributed by atoms with van der Waals surface area (Å²) >= 11 is 5.77. The Kier molecular flexibility index (Phi) is 18.7. The SMILES string of the molecule is C.Cl.O=c1nc(NCC(O)CN2CCCCC2)c2cc(F)ccc2o1.O=c1nc(NCC(O)CN2CCN(c3nccc4cc[n+]([O-])cc34)CC2)c2cc(F)ccc2o1.[O-][n+]1ccc2ccnc(Cl)c2c1. The molecule has 2 unspecified atom stereocenters. The van der Waals surface area contributed by atoms with E-state index >= 15 is 0 Å². The number of piperazine rings is 1. The number of rotatable bonds is 11. The molecule has 2 fully saturated rings. The molecule has 2 atom stereocenters. The smallest absolute Gasteiger partial charge is 0.441 e. The first-order chi connectivity index (χ1) is 33.3. The summed E-state index contributed by atoms with van der Waals surface area (Å²) in [5.41, 5.74) is 0.485. The number of fused-ring (bicyclic) bond motifs is 4. The summed E-state index contributed by atoms with van der Waals surface area (Å²) in [4.78, 5) is 45.5. The third kappa shape index (κ3) is 14.1. The van der Waals surface area contributed by atoms with E-state index in [1.165, 1.54) is 67.6 Å². The molecule has 0 aliphatic carbocycles. The molecule has 2 aliphatic heterocycles. The van der Waals surface area contributed by atoms with Crippen LogP contribution in [0.25, 0.3) is 43.5 Å². The Morgan fingerprint density at radius 1 is 0.662 bits per heavy atom. The van der Waals surface area contributed by atoms with E-state index in [-0.39, 0.29) is 55.7 Å². The van der Waals surface area contributed by atoms with Gasteiger partial charge in [0, 0.05) is 76.9 Å². The topological polar surface area (TPSA) is 240 Å². The van der Waals surface area contributed by atoms with E-state index in [0.717, 1.165) is 52.6 Å². The molecule has 0 radical (unpaired) electrons. The number of nitrogens with zero attached hydrogens (tertiary/aromatic N) is 9. The number of pyridine rings is 4. The third-order valence-corrected chi connectivity index (χ3v) is 11.9. The van der Waals surface area contributed by atoms with Gasteiger partial charge in [-0.2, -0.15) is 19.4 Å². The van der Waals surface area contributed by atoms with Crippen molar-refractivity contribution < 1.29 is 37.3 Å². The van der Waals surface area contributed by atoms with Crippen LogP contribution in [-0.2, 0) is 0 Å². The first kappa shape index (κ1) is 53.5. The summed E-state index contributed by atoms with van der Waals surface area (Å²) in [6.45, 7) is 6.17. The second-order valence-electron chi connectivity index (χ2n) is 16.5. The highest BCUT2D eigenvalue weighted by atomic mass is 35.5. The molecule has 71 heavy (non-hydrogen) atoms. The van der Waals surface area contributed by atoms with E-state index in [1.807, 2.05) is 6.07 Å². The van der Waals surface area contributed by atoms with Crippen LogP contribution in [0.15, 0.2) is 116 Å². The summed E-state index contributed by atoms with van der Waals surface area (Å²) in [6.07, 6.45) is 11.4. The quantitative estimate of drug-likeness (QED) is 0.0733. The zero-order valence-electron chi connectivity index (χ0n) is 37.5. The first-order valence-corrected chi connectivity index (χ1v) is 22.6. The van der Waals surface area contributed by atoms with Crippen molar-refractivity contribution in [2.45, 2.75) is 38.9 Å². The Morgan fingerprint density at radius 3 is 1.68 bits per heavy atom. The number of aliphatic hydroxyl groups is 2. The minimum atomic E-state index is -0.795. The van der Waals surface area contributed by atoms with E-state index in [0.29, 0.717) is 65.3 Å². The van der Waals surface area contributed by atoms with Crippen molar-refractivity contribution in [3.63, 3.8) is 0 Å². The summed E-state index contributed by atoms with van der Waals surface area (Å²) in [6, 6.07) is 14.8. The maximum Gasteiger partial charge on any atom is 0.441 e. The fourth-order valence-electron chi connectivity index (χ4n) is 8.19. The van der Waals surface area contributed by atoms with Crippen molar-refractivity contribution in [1.29, 1.82) is 0 Å². The maximum atomic E-state index is 13.6. The predicted octanol–water partition coefficient (Wildman–Crippen LogP) is 5.27. The summed E-state index contributed by atoms with van der Waals surface area (Å²) in [7, 11) is 0. The molecule has 376 valence electrons. The summed E-state index contributed by atoms with van der Waals surface area (Å²) < 4.78 is 38.4. The van der Waals surface area contributed by atoms with Crippen LogP contribution in [0, 0.1) is 22.0 Å². The van der Waals surface area contributed by atoms with Crippen molar-refractivity contribution in [1.82, 2.24) is 29.7 Å². The number of benzene rings is 2. The van der Waals surface area contributed by atoms with E-state index in [4.69, 9.17) is 20.4 Å². The minimum Gasteiger partial charge on any atom is -0.619 e. The van der Waals surface area contributed by atoms with Gasteiger partial charge in [0.1, 0.15) is 45.4 Å². The lowest BCUT2D eigenvalue weighted by Gasteiger charge is -2.36. The molecule has 19 nitrogen and oxygen atoms in total. The van der Waals surface area contributed by atoms with Crippen molar-refractivity contribution in [3.05, 3.63) is 146 Å². The van der Waals surface area contributed by atoms with Crippen molar-refractivity contribution in [2.24, 2.45) is 0 Å². The molecule has 0 saturated carbocycles. The highest BCUT2D eigenvalue weighted by molar-refractivity contribution is 6.34. The number of likely N-dealkylation sites (tertiary alicyclic amines) is 1. The Bertz CT molecular complexity index is 3180. The van der Waals surface area contributed by atoms with Crippen LogP contribution in [0.2, 0.25) is 5.15 Å². The standard InChI is InChI=1S/C23H23FN6O4.C16H20FN3O3.C8H5ClN2O.CH4.ClH/c24-16-1-2-20-18(11-16)21(27-23(32)34-20)26-12-17(31)13-28-7-9-29(10-8-28)22-19-14-30(33)6-4-15(19)3-5-25-22;17-11-4-5-14-13(8-11)15(19-16(22)23-14)18-9-12(21)10-20-6-2-1-3-7-20;9-8-7-5-11(12)4-2-6(7)1-3-10-8;;/h1-6,11,14,17,31H,7-10,12-13H2,(H,26,27,32);4-5,8,12,21H,1-3,6-7,9-10H2,(H,18,19,22);1-5H;1H4;1H. The van der Waals surface area contributed by atoms with Crippen LogP contribution in [0.3, 0.4) is 0 Å².